The number of nitrogens with two attached hydrogens (primary N) is 2. The van der Waals surface area contributed by atoms with Crippen molar-refractivity contribution in [2.24, 2.45) is 5.73 Å². The van der Waals surface area contributed by atoms with E-state index in [4.69, 9.17) is 11.5 Å². The Morgan fingerprint density at radius 2 is 2.00 bits per heavy atom. The molecule has 0 bridgehead atoms. The summed E-state index contributed by atoms with van der Waals surface area (Å²) >= 11 is 3.35. The van der Waals surface area contributed by atoms with Crippen molar-refractivity contribution in [2.45, 2.75) is 6.54 Å². The summed E-state index contributed by atoms with van der Waals surface area (Å²) in [5.41, 5.74) is 12.8. The van der Waals surface area contributed by atoms with E-state index in [9.17, 15) is 0 Å². The zero-order valence-corrected chi connectivity index (χ0v) is 8.28. The first kappa shape index (κ1) is 10.8. The molecule has 0 aliphatic carbocycles. The molecule has 0 amide bonds. The summed E-state index contributed by atoms with van der Waals surface area (Å²) in [6.07, 6.45) is 0. The monoisotopic (exact) mass is 236 g/mol. The number of hydrogen-bond donors (Lipinski definition) is 2. The fourth-order valence-electron chi connectivity index (χ4n) is 0.729. The second kappa shape index (κ2) is 4.59. The van der Waals surface area contributed by atoms with Crippen LogP contribution in [0.5, 0.6) is 0 Å². The van der Waals surface area contributed by atoms with Gasteiger partial charge in [-0.1, -0.05) is 22.0 Å². The molecule has 0 aliphatic heterocycles. The maximum atomic E-state index is 5.51. The van der Waals surface area contributed by atoms with Gasteiger partial charge in [-0.3, -0.25) is 0 Å². The first-order valence-corrected chi connectivity index (χ1v) is 3.77. The third-order valence-corrected chi connectivity index (χ3v) is 2.04. The Morgan fingerprint density at radius 1 is 1.36 bits per heavy atom. The summed E-state index contributed by atoms with van der Waals surface area (Å²) in [6, 6.07) is 5.61. The van der Waals surface area contributed by atoms with Crippen molar-refractivity contribution in [1.82, 2.24) is 0 Å². The lowest BCUT2D eigenvalue weighted by molar-refractivity contribution is 1.06. The molecule has 11 heavy (non-hydrogen) atoms. The highest BCUT2D eigenvalue weighted by atomic mass is 79.9. The van der Waals surface area contributed by atoms with Gasteiger partial charge in [-0.15, -0.1) is 12.4 Å². The van der Waals surface area contributed by atoms with E-state index < -0.39 is 0 Å². The highest BCUT2D eigenvalue weighted by Gasteiger charge is 1.95. The topological polar surface area (TPSA) is 52.0 Å². The first-order chi connectivity index (χ1) is 4.74. The molecule has 0 unspecified atom stereocenters. The number of anilines is 1. The van der Waals surface area contributed by atoms with E-state index in [1.807, 2.05) is 18.2 Å². The Morgan fingerprint density at radius 3 is 2.45 bits per heavy atom. The summed E-state index contributed by atoms with van der Waals surface area (Å²) in [5.74, 6) is 0. The molecular weight excluding hydrogens is 227 g/mol. The van der Waals surface area contributed by atoms with Crippen molar-refractivity contribution in [3.05, 3.63) is 28.2 Å². The molecule has 1 rings (SSSR count). The molecule has 0 radical (unpaired) electrons. The van der Waals surface area contributed by atoms with Gasteiger partial charge in [0.25, 0.3) is 0 Å². The molecule has 0 aromatic heterocycles. The molecule has 0 fully saturated rings. The number of rotatable bonds is 1. The highest BCUT2D eigenvalue weighted by Crippen LogP contribution is 2.18. The molecule has 62 valence electrons. The third-order valence-electron chi connectivity index (χ3n) is 1.30. The van der Waals surface area contributed by atoms with Crippen LogP contribution in [-0.2, 0) is 6.54 Å². The molecule has 4 heteroatoms. The molecule has 1 aromatic carbocycles. The summed E-state index contributed by atoms with van der Waals surface area (Å²) < 4.78 is 0.981. The van der Waals surface area contributed by atoms with Crippen molar-refractivity contribution in [1.29, 1.82) is 0 Å². The lowest BCUT2D eigenvalue weighted by Crippen LogP contribution is -1.97. The molecule has 0 saturated heterocycles. The van der Waals surface area contributed by atoms with Gasteiger partial charge in [-0.25, -0.2) is 0 Å². The van der Waals surface area contributed by atoms with Crippen LogP contribution in [0, 0.1) is 0 Å². The number of nitrogen functional groups attached to an aromatic ring is 1. The highest BCUT2D eigenvalue weighted by molar-refractivity contribution is 9.10. The first-order valence-electron chi connectivity index (χ1n) is 2.98. The van der Waals surface area contributed by atoms with Crippen molar-refractivity contribution in [2.75, 3.05) is 5.73 Å². The Bertz CT molecular complexity index is 240. The third kappa shape index (κ3) is 2.69. The quantitative estimate of drug-likeness (QED) is 0.733. The van der Waals surface area contributed by atoms with Crippen LogP contribution in [-0.4, -0.2) is 0 Å². The van der Waals surface area contributed by atoms with Crippen molar-refractivity contribution >= 4 is 34.0 Å². The fourth-order valence-corrected chi connectivity index (χ4v) is 1.29. The van der Waals surface area contributed by atoms with Gasteiger partial charge in [0, 0.05) is 16.7 Å². The minimum atomic E-state index is 0. The van der Waals surface area contributed by atoms with Gasteiger partial charge in [0.2, 0.25) is 0 Å². The maximum Gasteiger partial charge on any atom is 0.0325 e. The normalized spacial score (nSPS) is 8.91. The predicted molar refractivity (Wildman–Crippen MR) is 53.7 cm³/mol. The minimum absolute atomic E-state index is 0. The van der Waals surface area contributed by atoms with Crippen LogP contribution in [0.1, 0.15) is 5.56 Å². The summed E-state index contributed by atoms with van der Waals surface area (Å²) in [4.78, 5) is 0. The molecule has 0 saturated carbocycles. The average molecular weight is 238 g/mol. The van der Waals surface area contributed by atoms with Crippen LogP contribution in [0.3, 0.4) is 0 Å². The zero-order valence-electron chi connectivity index (χ0n) is 5.88. The predicted octanol–water partition coefficient (Wildman–Crippen LogP) is 1.91. The molecule has 4 N–H and O–H groups in total. The summed E-state index contributed by atoms with van der Waals surface area (Å²) in [7, 11) is 0. The Kier molecular flexibility index (Phi) is 4.49. The molecule has 2 nitrogen and oxygen atoms in total. The van der Waals surface area contributed by atoms with Gasteiger partial charge in [-0.2, -0.15) is 0 Å². The van der Waals surface area contributed by atoms with Gasteiger partial charge in [0.05, 0.1) is 0 Å². The molecular formula is C7H10BrClN2. The minimum Gasteiger partial charge on any atom is -0.399 e. The van der Waals surface area contributed by atoms with E-state index in [-0.39, 0.29) is 12.4 Å². The molecule has 0 spiro atoms. The second-order valence-corrected chi connectivity index (χ2v) is 2.91. The Labute approximate surface area is 80.5 Å². The number of halogens is 2. The lowest BCUT2D eigenvalue weighted by atomic mass is 10.2. The SMILES string of the molecule is Cl.NCc1ccc(N)cc1Br. The summed E-state index contributed by atoms with van der Waals surface area (Å²) in [6.45, 7) is 0.543. The van der Waals surface area contributed by atoms with E-state index in [1.165, 1.54) is 0 Å². The zero-order chi connectivity index (χ0) is 7.56. The van der Waals surface area contributed by atoms with Gasteiger partial charge in [-0.05, 0) is 17.7 Å². The Hall–Kier alpha value is -0.250. The van der Waals surface area contributed by atoms with E-state index in [0.29, 0.717) is 6.54 Å². The standard InChI is InChI=1S/C7H9BrN2.ClH/c8-7-3-6(10)2-1-5(7)4-9;/h1-3H,4,9-10H2;1H. The Balaban J connectivity index is 0.000001000. The van der Waals surface area contributed by atoms with Crippen LogP contribution in [0.2, 0.25) is 0 Å². The van der Waals surface area contributed by atoms with Crippen LogP contribution in [0.15, 0.2) is 22.7 Å². The maximum absolute atomic E-state index is 5.51. The van der Waals surface area contributed by atoms with E-state index in [2.05, 4.69) is 15.9 Å². The van der Waals surface area contributed by atoms with Gasteiger partial charge < -0.3 is 11.5 Å². The van der Waals surface area contributed by atoms with Crippen molar-refractivity contribution < 1.29 is 0 Å². The lowest BCUT2D eigenvalue weighted by Gasteiger charge is -2.00. The van der Waals surface area contributed by atoms with Crippen LogP contribution < -0.4 is 11.5 Å². The molecule has 1 aromatic rings. The van der Waals surface area contributed by atoms with E-state index in [1.54, 1.807) is 0 Å². The van der Waals surface area contributed by atoms with Gasteiger partial charge in [0.1, 0.15) is 0 Å². The molecule has 0 atom stereocenters. The molecule has 0 heterocycles. The smallest absolute Gasteiger partial charge is 0.0325 e. The van der Waals surface area contributed by atoms with Crippen molar-refractivity contribution in [3.63, 3.8) is 0 Å². The van der Waals surface area contributed by atoms with Crippen molar-refractivity contribution in [3.8, 4) is 0 Å². The van der Waals surface area contributed by atoms with Crippen LogP contribution in [0.25, 0.3) is 0 Å². The number of hydrogen-bond acceptors (Lipinski definition) is 2. The van der Waals surface area contributed by atoms with Gasteiger partial charge >= 0.3 is 0 Å². The molecule has 0 aliphatic rings. The van der Waals surface area contributed by atoms with E-state index in [0.717, 1.165) is 15.7 Å². The average Bonchev–Trinajstić information content (AvgIpc) is 1.88. The van der Waals surface area contributed by atoms with E-state index >= 15 is 0 Å². The number of benzene rings is 1. The second-order valence-electron chi connectivity index (χ2n) is 2.05. The fraction of sp³-hybridized carbons (Fsp3) is 0.143. The summed E-state index contributed by atoms with van der Waals surface area (Å²) in [5, 5.41) is 0. The van der Waals surface area contributed by atoms with Crippen LogP contribution in [0.4, 0.5) is 5.69 Å². The van der Waals surface area contributed by atoms with Gasteiger partial charge in [0.15, 0.2) is 0 Å². The largest absolute Gasteiger partial charge is 0.399 e. The van der Waals surface area contributed by atoms with Crippen LogP contribution >= 0.6 is 28.3 Å².